The number of aryl methyl sites for hydroxylation is 1. The zero-order chi connectivity index (χ0) is 16.2. The van der Waals surface area contributed by atoms with Crippen LogP contribution in [0.1, 0.15) is 29.8 Å². The first-order valence-corrected chi connectivity index (χ1v) is 7.90. The lowest BCUT2D eigenvalue weighted by molar-refractivity contribution is 0.0745. The van der Waals surface area contributed by atoms with Crippen LogP contribution in [0.4, 0.5) is 4.39 Å². The van der Waals surface area contributed by atoms with Crippen molar-refractivity contribution < 1.29 is 22.3 Å². The summed E-state index contributed by atoms with van der Waals surface area (Å²) in [5, 5.41) is 7.48. The van der Waals surface area contributed by atoms with Crippen LogP contribution in [0.3, 0.4) is 0 Å². The molecule has 0 aliphatic heterocycles. The second kappa shape index (κ2) is 6.97. The number of carbonyl (C=O) groups is 1. The predicted octanol–water partition coefficient (Wildman–Crippen LogP) is 0.936. The van der Waals surface area contributed by atoms with E-state index in [0.717, 1.165) is 12.1 Å². The summed E-state index contributed by atoms with van der Waals surface area (Å²) in [4.78, 5) is 11.6. The lowest BCUT2D eigenvalue weighted by atomic mass is 10.1. The zero-order valence-electron chi connectivity index (χ0n) is 12.1. The van der Waals surface area contributed by atoms with E-state index in [1.54, 1.807) is 0 Å². The molecule has 6 nitrogen and oxygen atoms in total. The number of rotatable bonds is 6. The normalized spacial score (nSPS) is 11.7. The van der Waals surface area contributed by atoms with Crippen LogP contribution in [0.15, 0.2) is 17.0 Å². The molecule has 1 aromatic rings. The standard InChI is InChI=1S/C13H19FN2O4S/c1-8(2)20-5-4-16-13(17)10-7-12(21(15,18)19)9(3)6-11(10)14/h6-8H,4-5H2,1-3H3,(H,16,17)(H2,15,18,19). The third kappa shape index (κ3) is 5.07. The molecule has 0 spiro atoms. The van der Waals surface area contributed by atoms with Crippen LogP contribution < -0.4 is 10.5 Å². The first-order valence-electron chi connectivity index (χ1n) is 6.35. The van der Waals surface area contributed by atoms with Gasteiger partial charge in [0.2, 0.25) is 10.0 Å². The molecule has 21 heavy (non-hydrogen) atoms. The number of hydrogen-bond donors (Lipinski definition) is 2. The van der Waals surface area contributed by atoms with Gasteiger partial charge in [-0.25, -0.2) is 17.9 Å². The van der Waals surface area contributed by atoms with E-state index in [-0.39, 0.29) is 35.3 Å². The number of nitrogens with two attached hydrogens (primary N) is 1. The summed E-state index contributed by atoms with van der Waals surface area (Å²) >= 11 is 0. The lowest BCUT2D eigenvalue weighted by Gasteiger charge is -2.11. The van der Waals surface area contributed by atoms with E-state index in [1.165, 1.54) is 6.92 Å². The molecule has 0 fully saturated rings. The zero-order valence-corrected chi connectivity index (χ0v) is 13.0. The Labute approximate surface area is 123 Å². The van der Waals surface area contributed by atoms with Gasteiger partial charge in [-0.3, -0.25) is 4.79 Å². The molecule has 0 aliphatic carbocycles. The Morgan fingerprint density at radius 3 is 2.57 bits per heavy atom. The summed E-state index contributed by atoms with van der Waals surface area (Å²) in [6.45, 7) is 5.56. The Hall–Kier alpha value is -1.51. The van der Waals surface area contributed by atoms with Crippen molar-refractivity contribution >= 4 is 15.9 Å². The summed E-state index contributed by atoms with van der Waals surface area (Å²) in [6, 6.07) is 1.91. The SMILES string of the molecule is Cc1cc(F)c(C(=O)NCCOC(C)C)cc1S(N)(=O)=O. The Kier molecular flexibility index (Phi) is 5.82. The second-order valence-electron chi connectivity index (χ2n) is 4.82. The molecular weight excluding hydrogens is 299 g/mol. The quantitative estimate of drug-likeness (QED) is 0.762. The van der Waals surface area contributed by atoms with Crippen molar-refractivity contribution in [3.05, 3.63) is 29.1 Å². The minimum atomic E-state index is -4.01. The second-order valence-corrected chi connectivity index (χ2v) is 6.35. The molecule has 0 radical (unpaired) electrons. The average molecular weight is 318 g/mol. The van der Waals surface area contributed by atoms with Crippen LogP contribution in [-0.4, -0.2) is 33.6 Å². The van der Waals surface area contributed by atoms with Gasteiger partial charge in [0.15, 0.2) is 0 Å². The fourth-order valence-corrected chi connectivity index (χ4v) is 2.48. The van der Waals surface area contributed by atoms with Crippen molar-refractivity contribution in [1.82, 2.24) is 5.32 Å². The molecule has 0 heterocycles. The van der Waals surface area contributed by atoms with Gasteiger partial charge in [0.05, 0.1) is 23.2 Å². The molecule has 0 saturated heterocycles. The first-order chi connectivity index (χ1) is 9.62. The fraction of sp³-hybridized carbons (Fsp3) is 0.462. The van der Waals surface area contributed by atoms with Gasteiger partial charge in [0.25, 0.3) is 5.91 Å². The lowest BCUT2D eigenvalue weighted by Crippen LogP contribution is -2.29. The monoisotopic (exact) mass is 318 g/mol. The van der Waals surface area contributed by atoms with Gasteiger partial charge in [-0.05, 0) is 38.5 Å². The Balaban J connectivity index is 2.90. The first kappa shape index (κ1) is 17.5. The van der Waals surface area contributed by atoms with Gasteiger partial charge in [0.1, 0.15) is 5.82 Å². The largest absolute Gasteiger partial charge is 0.377 e. The van der Waals surface area contributed by atoms with Crippen LogP contribution in [0.25, 0.3) is 0 Å². The summed E-state index contributed by atoms with van der Waals surface area (Å²) < 4.78 is 41.8. The van der Waals surface area contributed by atoms with Gasteiger partial charge in [-0.15, -0.1) is 0 Å². The summed E-state index contributed by atoms with van der Waals surface area (Å²) in [5.74, 6) is -1.52. The topological polar surface area (TPSA) is 98.5 Å². The van der Waals surface area contributed by atoms with E-state index in [2.05, 4.69) is 5.32 Å². The van der Waals surface area contributed by atoms with Crippen molar-refractivity contribution in [2.24, 2.45) is 5.14 Å². The van der Waals surface area contributed by atoms with Crippen molar-refractivity contribution in [3.8, 4) is 0 Å². The number of hydrogen-bond acceptors (Lipinski definition) is 4. The minimum Gasteiger partial charge on any atom is -0.377 e. The highest BCUT2D eigenvalue weighted by atomic mass is 32.2. The maximum absolute atomic E-state index is 13.8. The van der Waals surface area contributed by atoms with Gasteiger partial charge in [-0.2, -0.15) is 0 Å². The molecule has 0 atom stereocenters. The number of amides is 1. The van der Waals surface area contributed by atoms with Crippen molar-refractivity contribution in [2.45, 2.75) is 31.8 Å². The van der Waals surface area contributed by atoms with Crippen LogP contribution in [0.5, 0.6) is 0 Å². The molecule has 0 aromatic heterocycles. The van der Waals surface area contributed by atoms with Crippen molar-refractivity contribution in [2.75, 3.05) is 13.2 Å². The molecular formula is C13H19FN2O4S. The molecule has 1 rings (SSSR count). The van der Waals surface area contributed by atoms with E-state index in [9.17, 15) is 17.6 Å². The Morgan fingerprint density at radius 1 is 1.43 bits per heavy atom. The molecule has 0 saturated carbocycles. The third-order valence-electron chi connectivity index (χ3n) is 2.65. The number of nitrogens with one attached hydrogen (secondary N) is 1. The molecule has 118 valence electrons. The summed E-state index contributed by atoms with van der Waals surface area (Å²) in [7, 11) is -4.01. The summed E-state index contributed by atoms with van der Waals surface area (Å²) in [5.41, 5.74) is -0.219. The Morgan fingerprint density at radius 2 is 2.05 bits per heavy atom. The van der Waals surface area contributed by atoms with Crippen LogP contribution in [0, 0.1) is 12.7 Å². The number of carbonyl (C=O) groups excluding carboxylic acids is 1. The average Bonchev–Trinajstić information content (AvgIpc) is 2.32. The molecule has 0 aliphatic rings. The summed E-state index contributed by atoms with van der Waals surface area (Å²) in [6.07, 6.45) is 0.0204. The molecule has 0 unspecified atom stereocenters. The highest BCUT2D eigenvalue weighted by Gasteiger charge is 2.19. The van der Waals surface area contributed by atoms with Crippen LogP contribution in [0.2, 0.25) is 0 Å². The highest BCUT2D eigenvalue weighted by molar-refractivity contribution is 7.89. The van der Waals surface area contributed by atoms with Crippen LogP contribution >= 0.6 is 0 Å². The van der Waals surface area contributed by atoms with Crippen LogP contribution in [-0.2, 0) is 14.8 Å². The Bertz CT molecular complexity index is 629. The van der Waals surface area contributed by atoms with E-state index >= 15 is 0 Å². The fourth-order valence-electron chi connectivity index (χ4n) is 1.69. The molecule has 0 bridgehead atoms. The van der Waals surface area contributed by atoms with Gasteiger partial charge < -0.3 is 10.1 Å². The highest BCUT2D eigenvalue weighted by Crippen LogP contribution is 2.19. The predicted molar refractivity (Wildman–Crippen MR) is 75.9 cm³/mol. The third-order valence-corrected chi connectivity index (χ3v) is 3.71. The van der Waals surface area contributed by atoms with E-state index in [4.69, 9.17) is 9.88 Å². The van der Waals surface area contributed by atoms with Crippen molar-refractivity contribution in [1.29, 1.82) is 0 Å². The van der Waals surface area contributed by atoms with Gasteiger partial charge >= 0.3 is 0 Å². The van der Waals surface area contributed by atoms with E-state index in [1.807, 2.05) is 13.8 Å². The van der Waals surface area contributed by atoms with E-state index in [0.29, 0.717) is 0 Å². The number of halogens is 1. The smallest absolute Gasteiger partial charge is 0.254 e. The number of ether oxygens (including phenoxy) is 1. The minimum absolute atomic E-state index is 0.0204. The molecule has 1 amide bonds. The maximum atomic E-state index is 13.8. The maximum Gasteiger partial charge on any atom is 0.254 e. The molecule has 8 heteroatoms. The molecule has 1 aromatic carbocycles. The van der Waals surface area contributed by atoms with Gasteiger partial charge in [-0.1, -0.05) is 0 Å². The molecule has 3 N–H and O–H groups in total. The number of primary sulfonamides is 1. The number of sulfonamides is 1. The van der Waals surface area contributed by atoms with E-state index < -0.39 is 21.7 Å². The van der Waals surface area contributed by atoms with Crippen molar-refractivity contribution in [3.63, 3.8) is 0 Å². The number of benzene rings is 1. The van der Waals surface area contributed by atoms with Gasteiger partial charge in [0, 0.05) is 6.54 Å².